The van der Waals surface area contributed by atoms with Gasteiger partial charge in [0.2, 0.25) is 0 Å². The maximum Gasteiger partial charge on any atom is 0.253 e. The first-order valence-electron chi connectivity index (χ1n) is 15.5. The lowest BCUT2D eigenvalue weighted by Crippen LogP contribution is -2.42. The number of carbonyl (C=O) groups is 1. The molecule has 1 unspecified atom stereocenters. The highest BCUT2D eigenvalue weighted by Crippen LogP contribution is 2.33. The first-order valence-corrected chi connectivity index (χ1v) is 15.8. The summed E-state index contributed by atoms with van der Waals surface area (Å²) in [6, 6.07) is 5.87. The van der Waals surface area contributed by atoms with Gasteiger partial charge in [0.15, 0.2) is 0 Å². The Morgan fingerprint density at radius 2 is 1.93 bits per heavy atom. The number of aryl methyl sites for hydroxylation is 2. The second-order valence-corrected chi connectivity index (χ2v) is 10.7. The van der Waals surface area contributed by atoms with E-state index >= 15 is 0 Å². The van der Waals surface area contributed by atoms with Gasteiger partial charge in [0.05, 0.1) is 6.04 Å². The molecule has 43 heavy (non-hydrogen) atoms. The van der Waals surface area contributed by atoms with Crippen LogP contribution in [0, 0.1) is 13.8 Å². The van der Waals surface area contributed by atoms with Gasteiger partial charge < -0.3 is 10.3 Å². The standard InChI is InChI=1S/C31H39ClN6O.2C2H6/c1-7-22(17-26-21(3)34-13-10-25(26)28-8-9-29(33-4)36-35-28)19-38-14-11-23(12-15-38)30-20(2)16-24(18-27(30)32)31(39)37(5)6;2*1-2/h8-11,13,16-18,28,35H,7,12,14-15,19H2,1-6H3,(H,33,36);2*1-2H3/b22-17+;;. The van der Waals surface area contributed by atoms with Crippen LogP contribution in [0.25, 0.3) is 11.6 Å². The van der Waals surface area contributed by atoms with E-state index in [4.69, 9.17) is 11.6 Å². The second kappa shape index (κ2) is 17.8. The summed E-state index contributed by atoms with van der Waals surface area (Å²) < 4.78 is 0. The van der Waals surface area contributed by atoms with Crippen LogP contribution in [-0.2, 0) is 0 Å². The quantitative estimate of drug-likeness (QED) is 0.343. The average molecular weight is 607 g/mol. The normalized spacial score (nSPS) is 17.7. The van der Waals surface area contributed by atoms with E-state index in [1.165, 1.54) is 16.7 Å². The SMILES string of the molecule is CC.CC.CC/C(=C\c1c(C2C=CC(=NC)NN2)ccnc1C)CN1CC=C(c2c(C)cc(C(=O)N(C)C)cc2Cl)CC1. The molecule has 234 valence electrons. The molecule has 0 fully saturated rings. The van der Waals surface area contributed by atoms with Gasteiger partial charge in [-0.25, -0.2) is 5.43 Å². The van der Waals surface area contributed by atoms with Gasteiger partial charge in [0.1, 0.15) is 5.84 Å². The molecule has 1 aromatic carbocycles. The van der Waals surface area contributed by atoms with Gasteiger partial charge in [0, 0.05) is 68.8 Å². The zero-order chi connectivity index (χ0) is 32.1. The lowest BCUT2D eigenvalue weighted by molar-refractivity contribution is 0.0827. The molecule has 2 aliphatic heterocycles. The van der Waals surface area contributed by atoms with Crippen LogP contribution < -0.4 is 10.9 Å². The van der Waals surface area contributed by atoms with Crippen molar-refractivity contribution in [1.29, 1.82) is 0 Å². The molecule has 0 aliphatic carbocycles. The number of pyridine rings is 1. The van der Waals surface area contributed by atoms with Crippen LogP contribution >= 0.6 is 11.6 Å². The summed E-state index contributed by atoms with van der Waals surface area (Å²) in [5, 5.41) is 0.644. The lowest BCUT2D eigenvalue weighted by atomic mass is 9.93. The summed E-state index contributed by atoms with van der Waals surface area (Å²) in [5.74, 6) is 0.780. The number of hydrazine groups is 1. The number of hydrogen-bond acceptors (Lipinski definition) is 5. The van der Waals surface area contributed by atoms with Gasteiger partial charge in [-0.3, -0.25) is 19.7 Å². The number of rotatable bonds is 7. The van der Waals surface area contributed by atoms with E-state index < -0.39 is 0 Å². The smallest absolute Gasteiger partial charge is 0.253 e. The van der Waals surface area contributed by atoms with Crippen LogP contribution in [0.3, 0.4) is 0 Å². The molecule has 3 heterocycles. The van der Waals surface area contributed by atoms with Crippen LogP contribution in [0.1, 0.15) is 91.8 Å². The van der Waals surface area contributed by atoms with Crippen molar-refractivity contribution in [3.63, 3.8) is 0 Å². The zero-order valence-corrected chi connectivity index (χ0v) is 28.6. The van der Waals surface area contributed by atoms with Gasteiger partial charge in [-0.2, -0.15) is 0 Å². The molecule has 0 saturated heterocycles. The van der Waals surface area contributed by atoms with Crippen LogP contribution in [-0.4, -0.2) is 67.3 Å². The summed E-state index contributed by atoms with van der Waals surface area (Å²) in [5.41, 5.74) is 15.2. The maximum absolute atomic E-state index is 12.4. The minimum atomic E-state index is -0.0349. The molecular formula is C35H51ClN6O. The Bertz CT molecular complexity index is 1340. The molecule has 0 saturated carbocycles. The number of nitrogens with zero attached hydrogens (tertiary/aromatic N) is 4. The molecule has 7 nitrogen and oxygen atoms in total. The van der Waals surface area contributed by atoms with E-state index in [0.717, 1.165) is 60.7 Å². The number of amidine groups is 1. The van der Waals surface area contributed by atoms with Crippen molar-refractivity contribution in [2.75, 3.05) is 40.8 Å². The van der Waals surface area contributed by atoms with E-state index in [1.54, 1.807) is 32.1 Å². The van der Waals surface area contributed by atoms with Gasteiger partial charge in [-0.05, 0) is 73.2 Å². The fourth-order valence-electron chi connectivity index (χ4n) is 5.16. The fraction of sp³-hybridized carbons (Fsp3) is 0.457. The summed E-state index contributed by atoms with van der Waals surface area (Å²) in [4.78, 5) is 25.3. The summed E-state index contributed by atoms with van der Waals surface area (Å²) in [7, 11) is 5.28. The van der Waals surface area contributed by atoms with Gasteiger partial charge in [-0.1, -0.05) is 70.0 Å². The molecule has 4 rings (SSSR count). The van der Waals surface area contributed by atoms with Gasteiger partial charge in [0.25, 0.3) is 5.91 Å². The highest BCUT2D eigenvalue weighted by Gasteiger charge is 2.21. The Kier molecular flexibility index (Phi) is 14.8. The van der Waals surface area contributed by atoms with E-state index in [0.29, 0.717) is 10.6 Å². The number of carbonyl (C=O) groups excluding carboxylic acids is 1. The van der Waals surface area contributed by atoms with Crippen molar-refractivity contribution < 1.29 is 4.79 Å². The van der Waals surface area contributed by atoms with Crippen molar-refractivity contribution >= 4 is 35.0 Å². The number of hydrogen-bond donors (Lipinski definition) is 2. The Morgan fingerprint density at radius 3 is 2.47 bits per heavy atom. The predicted octanol–water partition coefficient (Wildman–Crippen LogP) is 7.42. The summed E-state index contributed by atoms with van der Waals surface area (Å²) in [6.07, 6.45) is 12.5. The van der Waals surface area contributed by atoms with Crippen LogP contribution in [0.15, 0.2) is 53.2 Å². The minimum Gasteiger partial charge on any atom is -0.345 e. The van der Waals surface area contributed by atoms with E-state index in [-0.39, 0.29) is 11.9 Å². The van der Waals surface area contributed by atoms with Crippen molar-refractivity contribution in [2.24, 2.45) is 4.99 Å². The molecule has 1 amide bonds. The first-order chi connectivity index (χ1) is 20.7. The van der Waals surface area contributed by atoms with Crippen molar-refractivity contribution in [3.8, 4) is 0 Å². The molecule has 0 bridgehead atoms. The average Bonchev–Trinajstić information content (AvgIpc) is 3.03. The van der Waals surface area contributed by atoms with E-state index in [1.807, 2.05) is 53.0 Å². The maximum atomic E-state index is 12.4. The number of amides is 1. The molecule has 0 spiro atoms. The second-order valence-electron chi connectivity index (χ2n) is 10.3. The Hall–Kier alpha value is -3.26. The van der Waals surface area contributed by atoms with E-state index in [2.05, 4.69) is 63.9 Å². The number of nitrogens with one attached hydrogen (secondary N) is 2. The number of halogens is 1. The molecule has 2 N–H and O–H groups in total. The van der Waals surface area contributed by atoms with Crippen LogP contribution in [0.5, 0.6) is 0 Å². The summed E-state index contributed by atoms with van der Waals surface area (Å²) >= 11 is 6.70. The largest absolute Gasteiger partial charge is 0.345 e. The third-order valence-corrected chi connectivity index (χ3v) is 7.68. The molecule has 1 atom stereocenters. The van der Waals surface area contributed by atoms with E-state index in [9.17, 15) is 4.79 Å². The van der Waals surface area contributed by atoms with Crippen molar-refractivity contribution in [2.45, 2.75) is 67.3 Å². The lowest BCUT2D eigenvalue weighted by Gasteiger charge is -2.29. The monoisotopic (exact) mass is 606 g/mol. The Labute approximate surface area is 264 Å². The Balaban J connectivity index is 0.00000155. The minimum absolute atomic E-state index is 0.0349. The topological polar surface area (TPSA) is 72.9 Å². The van der Waals surface area contributed by atoms with Gasteiger partial charge >= 0.3 is 0 Å². The van der Waals surface area contributed by atoms with Crippen LogP contribution in [0.4, 0.5) is 0 Å². The number of aromatic nitrogens is 1. The molecule has 8 heteroatoms. The Morgan fingerprint density at radius 1 is 1.21 bits per heavy atom. The van der Waals surface area contributed by atoms with Gasteiger partial charge in [-0.15, -0.1) is 0 Å². The molecule has 0 radical (unpaired) electrons. The third-order valence-electron chi connectivity index (χ3n) is 7.39. The van der Waals surface area contributed by atoms with Crippen molar-refractivity contribution in [3.05, 3.63) is 86.7 Å². The molecule has 1 aromatic heterocycles. The zero-order valence-electron chi connectivity index (χ0n) is 27.8. The van der Waals surface area contributed by atoms with Crippen LogP contribution in [0.2, 0.25) is 5.02 Å². The third kappa shape index (κ3) is 9.36. The fourth-order valence-corrected chi connectivity index (χ4v) is 5.55. The van der Waals surface area contributed by atoms with Crippen molar-refractivity contribution in [1.82, 2.24) is 25.6 Å². The molecule has 2 aliphatic rings. The highest BCUT2D eigenvalue weighted by molar-refractivity contribution is 6.33. The number of benzene rings is 1. The summed E-state index contributed by atoms with van der Waals surface area (Å²) in [6.45, 7) is 17.0. The highest BCUT2D eigenvalue weighted by atomic mass is 35.5. The molecule has 2 aromatic rings. The number of aliphatic imine (C=N–C) groups is 1. The predicted molar refractivity (Wildman–Crippen MR) is 185 cm³/mol. The first kappa shape index (κ1) is 35.9. The molecular weight excluding hydrogens is 556 g/mol.